The van der Waals surface area contributed by atoms with E-state index in [2.05, 4.69) is 5.32 Å². The molecule has 118 valence electrons. The highest BCUT2D eigenvalue weighted by molar-refractivity contribution is 6.30. The van der Waals surface area contributed by atoms with E-state index in [4.69, 9.17) is 11.6 Å². The van der Waals surface area contributed by atoms with E-state index in [1.54, 1.807) is 29.2 Å². The maximum atomic E-state index is 12.2. The molecule has 2 amide bonds. The molecule has 2 aromatic rings. The molecule has 0 bridgehead atoms. The van der Waals surface area contributed by atoms with Gasteiger partial charge < -0.3 is 10.2 Å². The Balaban J connectivity index is 1.76. The molecule has 23 heavy (non-hydrogen) atoms. The first-order chi connectivity index (χ1) is 11.0. The summed E-state index contributed by atoms with van der Waals surface area (Å²) >= 11 is 5.82. The van der Waals surface area contributed by atoms with Crippen molar-refractivity contribution in [1.29, 1.82) is 0 Å². The normalized spacial score (nSPS) is 14.2. The van der Waals surface area contributed by atoms with Gasteiger partial charge in [0.15, 0.2) is 0 Å². The van der Waals surface area contributed by atoms with Gasteiger partial charge in [-0.2, -0.15) is 0 Å². The standard InChI is InChI=1S/C18H17ClN2O2/c1-12-11-15(8-9-16(12)21-10-2-3-17(21)22)20-18(23)13-4-6-14(19)7-5-13/h4-9,11H,2-3,10H2,1H3,(H,20,23). The molecule has 0 aliphatic carbocycles. The number of rotatable bonds is 3. The van der Waals surface area contributed by atoms with Crippen molar-refractivity contribution in [3.63, 3.8) is 0 Å². The largest absolute Gasteiger partial charge is 0.322 e. The molecule has 0 saturated carbocycles. The Morgan fingerprint density at radius 2 is 1.91 bits per heavy atom. The van der Waals surface area contributed by atoms with Crippen LogP contribution in [0.15, 0.2) is 42.5 Å². The van der Waals surface area contributed by atoms with Crippen LogP contribution in [0.2, 0.25) is 5.02 Å². The van der Waals surface area contributed by atoms with Crippen molar-refractivity contribution in [2.24, 2.45) is 0 Å². The van der Waals surface area contributed by atoms with Gasteiger partial charge in [-0.15, -0.1) is 0 Å². The molecule has 1 N–H and O–H groups in total. The highest BCUT2D eigenvalue weighted by Gasteiger charge is 2.23. The summed E-state index contributed by atoms with van der Waals surface area (Å²) < 4.78 is 0. The third kappa shape index (κ3) is 3.37. The molecule has 2 aromatic carbocycles. The highest BCUT2D eigenvalue weighted by atomic mass is 35.5. The van der Waals surface area contributed by atoms with E-state index >= 15 is 0 Å². The first kappa shape index (κ1) is 15.6. The van der Waals surface area contributed by atoms with E-state index in [0.717, 1.165) is 24.2 Å². The average molecular weight is 329 g/mol. The molecule has 1 heterocycles. The van der Waals surface area contributed by atoms with Crippen LogP contribution in [0.3, 0.4) is 0 Å². The molecule has 1 fully saturated rings. The number of aryl methyl sites for hydroxylation is 1. The Labute approximate surface area is 140 Å². The van der Waals surface area contributed by atoms with E-state index in [1.807, 2.05) is 25.1 Å². The quantitative estimate of drug-likeness (QED) is 0.924. The molecule has 3 rings (SSSR count). The molecule has 1 aliphatic rings. The van der Waals surface area contributed by atoms with Crippen molar-refractivity contribution in [3.05, 3.63) is 58.6 Å². The SMILES string of the molecule is Cc1cc(NC(=O)c2ccc(Cl)cc2)ccc1N1CCCC1=O. The van der Waals surface area contributed by atoms with E-state index < -0.39 is 0 Å². The summed E-state index contributed by atoms with van der Waals surface area (Å²) in [6.45, 7) is 2.70. The fourth-order valence-electron chi connectivity index (χ4n) is 2.74. The zero-order valence-corrected chi connectivity index (χ0v) is 13.6. The Morgan fingerprint density at radius 1 is 1.17 bits per heavy atom. The first-order valence-corrected chi connectivity index (χ1v) is 7.90. The maximum absolute atomic E-state index is 12.2. The van der Waals surface area contributed by atoms with Crippen LogP contribution in [0, 0.1) is 6.92 Å². The second kappa shape index (κ2) is 6.42. The molecule has 5 heteroatoms. The lowest BCUT2D eigenvalue weighted by Gasteiger charge is -2.19. The molecule has 1 aliphatic heterocycles. The zero-order valence-electron chi connectivity index (χ0n) is 12.8. The first-order valence-electron chi connectivity index (χ1n) is 7.52. The van der Waals surface area contributed by atoms with Crippen LogP contribution in [0.5, 0.6) is 0 Å². The van der Waals surface area contributed by atoms with Gasteiger partial charge in [-0.1, -0.05) is 11.6 Å². The van der Waals surface area contributed by atoms with Crippen molar-refractivity contribution >= 4 is 34.8 Å². The smallest absolute Gasteiger partial charge is 0.255 e. The number of amides is 2. The summed E-state index contributed by atoms with van der Waals surface area (Å²) in [5.41, 5.74) is 3.13. The van der Waals surface area contributed by atoms with Crippen LogP contribution in [0.25, 0.3) is 0 Å². The lowest BCUT2D eigenvalue weighted by Crippen LogP contribution is -2.24. The van der Waals surface area contributed by atoms with Crippen molar-refractivity contribution in [3.8, 4) is 0 Å². The van der Waals surface area contributed by atoms with Crippen LogP contribution < -0.4 is 10.2 Å². The molecule has 0 unspecified atom stereocenters. The van der Waals surface area contributed by atoms with E-state index in [0.29, 0.717) is 22.7 Å². The number of anilines is 2. The van der Waals surface area contributed by atoms with Crippen molar-refractivity contribution in [1.82, 2.24) is 0 Å². The fourth-order valence-corrected chi connectivity index (χ4v) is 2.87. The number of carbonyl (C=O) groups is 2. The average Bonchev–Trinajstić information content (AvgIpc) is 2.94. The molecular formula is C18H17ClN2O2. The predicted molar refractivity (Wildman–Crippen MR) is 92.2 cm³/mol. The lowest BCUT2D eigenvalue weighted by molar-refractivity contribution is -0.117. The fraction of sp³-hybridized carbons (Fsp3) is 0.222. The minimum absolute atomic E-state index is 0.158. The summed E-state index contributed by atoms with van der Waals surface area (Å²) in [5, 5.41) is 3.46. The summed E-state index contributed by atoms with van der Waals surface area (Å²) in [6, 6.07) is 12.3. The van der Waals surface area contributed by atoms with Crippen molar-refractivity contribution < 1.29 is 9.59 Å². The van der Waals surface area contributed by atoms with Gasteiger partial charge in [-0.05, 0) is 61.4 Å². The number of hydrogen-bond acceptors (Lipinski definition) is 2. The van der Waals surface area contributed by atoms with Crippen LogP contribution >= 0.6 is 11.6 Å². The van der Waals surface area contributed by atoms with E-state index in [9.17, 15) is 9.59 Å². The molecule has 1 saturated heterocycles. The van der Waals surface area contributed by atoms with Gasteiger partial charge in [0, 0.05) is 34.9 Å². The molecule has 0 spiro atoms. The Morgan fingerprint density at radius 3 is 2.52 bits per heavy atom. The third-order valence-electron chi connectivity index (χ3n) is 3.93. The zero-order chi connectivity index (χ0) is 16.4. The molecule has 4 nitrogen and oxygen atoms in total. The third-order valence-corrected chi connectivity index (χ3v) is 4.18. The lowest BCUT2D eigenvalue weighted by atomic mass is 10.1. The Kier molecular flexibility index (Phi) is 4.35. The van der Waals surface area contributed by atoms with Crippen LogP contribution in [0.4, 0.5) is 11.4 Å². The maximum Gasteiger partial charge on any atom is 0.255 e. The van der Waals surface area contributed by atoms with Gasteiger partial charge >= 0.3 is 0 Å². The number of benzene rings is 2. The van der Waals surface area contributed by atoms with Gasteiger partial charge in [0.05, 0.1) is 0 Å². The topological polar surface area (TPSA) is 49.4 Å². The Hall–Kier alpha value is -2.33. The van der Waals surface area contributed by atoms with E-state index in [-0.39, 0.29) is 11.8 Å². The molecule has 0 atom stereocenters. The number of halogens is 1. The summed E-state index contributed by atoms with van der Waals surface area (Å²) in [6.07, 6.45) is 1.50. The van der Waals surface area contributed by atoms with Crippen LogP contribution in [-0.4, -0.2) is 18.4 Å². The predicted octanol–water partition coefficient (Wildman–Crippen LogP) is 4.03. The number of hydrogen-bond donors (Lipinski definition) is 1. The van der Waals surface area contributed by atoms with Gasteiger partial charge in [-0.25, -0.2) is 0 Å². The summed E-state index contributed by atoms with van der Waals surface area (Å²) in [5.74, 6) is -0.0304. The monoisotopic (exact) mass is 328 g/mol. The van der Waals surface area contributed by atoms with Crippen molar-refractivity contribution in [2.45, 2.75) is 19.8 Å². The van der Waals surface area contributed by atoms with Gasteiger partial charge in [-0.3, -0.25) is 9.59 Å². The van der Waals surface area contributed by atoms with E-state index in [1.165, 1.54) is 0 Å². The highest BCUT2D eigenvalue weighted by Crippen LogP contribution is 2.27. The number of nitrogens with one attached hydrogen (secondary N) is 1. The van der Waals surface area contributed by atoms with Gasteiger partial charge in [0.25, 0.3) is 5.91 Å². The summed E-state index contributed by atoms with van der Waals surface area (Å²) in [4.78, 5) is 25.9. The van der Waals surface area contributed by atoms with Gasteiger partial charge in [0.2, 0.25) is 5.91 Å². The molecule has 0 radical (unpaired) electrons. The summed E-state index contributed by atoms with van der Waals surface area (Å²) in [7, 11) is 0. The number of nitrogens with zero attached hydrogens (tertiary/aromatic N) is 1. The second-order valence-electron chi connectivity index (χ2n) is 5.61. The van der Waals surface area contributed by atoms with Crippen LogP contribution in [0.1, 0.15) is 28.8 Å². The van der Waals surface area contributed by atoms with Gasteiger partial charge in [0.1, 0.15) is 0 Å². The second-order valence-corrected chi connectivity index (χ2v) is 6.05. The Bertz CT molecular complexity index is 756. The minimum atomic E-state index is -0.189. The van der Waals surface area contributed by atoms with Crippen LogP contribution in [-0.2, 0) is 4.79 Å². The number of carbonyl (C=O) groups excluding carboxylic acids is 2. The minimum Gasteiger partial charge on any atom is -0.322 e. The molecule has 0 aromatic heterocycles. The van der Waals surface area contributed by atoms with Crippen molar-refractivity contribution in [2.75, 3.05) is 16.8 Å². The molecular weight excluding hydrogens is 312 g/mol.